The Morgan fingerprint density at radius 3 is 2.78 bits per heavy atom. The van der Waals surface area contributed by atoms with E-state index in [0.717, 1.165) is 10.8 Å². The smallest absolute Gasteiger partial charge is 0.410 e. The molecule has 0 spiro atoms. The van der Waals surface area contributed by atoms with Gasteiger partial charge in [0, 0.05) is 18.5 Å². The Kier molecular flexibility index (Phi) is 4.15. The fourth-order valence-electron chi connectivity index (χ4n) is 1.69. The molecule has 2 aromatic rings. The van der Waals surface area contributed by atoms with E-state index >= 15 is 0 Å². The monoisotopic (exact) mass is 245 g/mol. The van der Waals surface area contributed by atoms with E-state index in [1.54, 1.807) is 6.07 Å². The first-order valence-electron chi connectivity index (χ1n) is 5.85. The topological polar surface area (TPSA) is 58.6 Å². The zero-order valence-corrected chi connectivity index (χ0v) is 9.93. The Morgan fingerprint density at radius 1 is 1.17 bits per heavy atom. The third-order valence-corrected chi connectivity index (χ3v) is 2.56. The third kappa shape index (κ3) is 2.99. The Morgan fingerprint density at radius 2 is 1.94 bits per heavy atom. The normalized spacial score (nSPS) is 10.3. The lowest BCUT2D eigenvalue weighted by molar-refractivity contribution is 0.199. The fourth-order valence-corrected chi connectivity index (χ4v) is 1.69. The number of aliphatic hydroxyl groups is 1. The number of benzene rings is 2. The molecule has 2 N–H and O–H groups in total. The van der Waals surface area contributed by atoms with Crippen LogP contribution < -0.4 is 10.1 Å². The predicted octanol–water partition coefficient (Wildman–Crippen LogP) is 2.31. The Balaban J connectivity index is 2.09. The minimum absolute atomic E-state index is 0.0501. The minimum Gasteiger partial charge on any atom is -0.410 e. The average molecular weight is 245 g/mol. The lowest BCUT2D eigenvalue weighted by atomic mass is 10.1. The highest BCUT2D eigenvalue weighted by Gasteiger charge is 2.06. The van der Waals surface area contributed by atoms with Crippen molar-refractivity contribution in [1.82, 2.24) is 5.32 Å². The number of fused-ring (bicyclic) bond motifs is 1. The maximum absolute atomic E-state index is 11.5. The summed E-state index contributed by atoms with van der Waals surface area (Å²) in [4.78, 5) is 11.5. The molecule has 0 radical (unpaired) electrons. The van der Waals surface area contributed by atoms with Crippen LogP contribution >= 0.6 is 0 Å². The van der Waals surface area contributed by atoms with Gasteiger partial charge in [-0.3, -0.25) is 0 Å². The molecular weight excluding hydrogens is 230 g/mol. The molecule has 0 bridgehead atoms. The van der Waals surface area contributed by atoms with Crippen LogP contribution in [0, 0.1) is 0 Å². The molecule has 0 atom stereocenters. The molecule has 0 saturated heterocycles. The Hall–Kier alpha value is -2.07. The largest absolute Gasteiger partial charge is 0.412 e. The second-order valence-corrected chi connectivity index (χ2v) is 3.87. The van der Waals surface area contributed by atoms with Crippen LogP contribution in [0.5, 0.6) is 5.75 Å². The second-order valence-electron chi connectivity index (χ2n) is 3.87. The maximum Gasteiger partial charge on any atom is 0.412 e. The van der Waals surface area contributed by atoms with E-state index in [1.807, 2.05) is 36.4 Å². The molecule has 0 unspecified atom stereocenters. The number of hydrogen-bond acceptors (Lipinski definition) is 3. The van der Waals surface area contributed by atoms with Gasteiger partial charge in [-0.1, -0.05) is 36.4 Å². The molecule has 1 amide bonds. The van der Waals surface area contributed by atoms with Crippen molar-refractivity contribution in [3.8, 4) is 5.75 Å². The van der Waals surface area contributed by atoms with Gasteiger partial charge in [0.2, 0.25) is 0 Å². The summed E-state index contributed by atoms with van der Waals surface area (Å²) in [7, 11) is 0. The van der Waals surface area contributed by atoms with Gasteiger partial charge in [0.1, 0.15) is 5.75 Å². The van der Waals surface area contributed by atoms with Crippen LogP contribution in [0.1, 0.15) is 6.42 Å². The highest BCUT2D eigenvalue weighted by atomic mass is 16.6. The van der Waals surface area contributed by atoms with Crippen LogP contribution in [0.4, 0.5) is 4.79 Å². The molecule has 0 aliphatic rings. The first-order chi connectivity index (χ1) is 8.81. The van der Waals surface area contributed by atoms with Gasteiger partial charge in [-0.15, -0.1) is 0 Å². The van der Waals surface area contributed by atoms with Gasteiger partial charge in [0.05, 0.1) is 0 Å². The minimum atomic E-state index is -0.500. The zero-order chi connectivity index (χ0) is 12.8. The van der Waals surface area contributed by atoms with Gasteiger partial charge in [-0.05, 0) is 17.9 Å². The quantitative estimate of drug-likeness (QED) is 0.813. The molecule has 0 aliphatic carbocycles. The predicted molar refractivity (Wildman–Crippen MR) is 69.7 cm³/mol. The molecule has 0 saturated carbocycles. The van der Waals surface area contributed by atoms with Crippen molar-refractivity contribution in [2.75, 3.05) is 13.2 Å². The van der Waals surface area contributed by atoms with Crippen LogP contribution in [0.2, 0.25) is 0 Å². The molecule has 2 rings (SSSR count). The maximum atomic E-state index is 11.5. The molecule has 2 aromatic carbocycles. The molecule has 18 heavy (non-hydrogen) atoms. The molecule has 0 aliphatic heterocycles. The zero-order valence-electron chi connectivity index (χ0n) is 9.93. The number of hydrogen-bond donors (Lipinski definition) is 2. The molecule has 4 heteroatoms. The number of amides is 1. The summed E-state index contributed by atoms with van der Waals surface area (Å²) >= 11 is 0. The molecular formula is C14H15NO3. The van der Waals surface area contributed by atoms with Gasteiger partial charge < -0.3 is 15.2 Å². The standard InChI is InChI=1S/C14H15NO3/c16-10-4-9-15-14(17)18-13-8-3-6-11-5-1-2-7-12(11)13/h1-3,5-8,16H,4,9-10H2,(H,15,17). The van der Waals surface area contributed by atoms with E-state index in [9.17, 15) is 4.79 Å². The lowest BCUT2D eigenvalue weighted by Gasteiger charge is -2.08. The van der Waals surface area contributed by atoms with Gasteiger partial charge in [-0.2, -0.15) is 0 Å². The number of rotatable bonds is 4. The van der Waals surface area contributed by atoms with E-state index in [4.69, 9.17) is 9.84 Å². The molecule has 0 fully saturated rings. The third-order valence-electron chi connectivity index (χ3n) is 2.56. The summed E-state index contributed by atoms with van der Waals surface area (Å²) in [6.45, 7) is 0.453. The van der Waals surface area contributed by atoms with Crippen molar-refractivity contribution < 1.29 is 14.6 Å². The Bertz CT molecular complexity index is 534. The highest BCUT2D eigenvalue weighted by Crippen LogP contribution is 2.25. The van der Waals surface area contributed by atoms with Crippen LogP contribution in [0.15, 0.2) is 42.5 Å². The van der Waals surface area contributed by atoms with Crippen molar-refractivity contribution in [3.05, 3.63) is 42.5 Å². The lowest BCUT2D eigenvalue weighted by Crippen LogP contribution is -2.28. The van der Waals surface area contributed by atoms with Crippen molar-refractivity contribution in [3.63, 3.8) is 0 Å². The summed E-state index contributed by atoms with van der Waals surface area (Å²) in [6.07, 6.45) is 0.0183. The first kappa shape index (κ1) is 12.4. The summed E-state index contributed by atoms with van der Waals surface area (Å²) < 4.78 is 5.24. The highest BCUT2D eigenvalue weighted by molar-refractivity contribution is 5.90. The number of aliphatic hydroxyl groups excluding tert-OH is 1. The number of nitrogens with one attached hydrogen (secondary N) is 1. The second kappa shape index (κ2) is 6.02. The fraction of sp³-hybridized carbons (Fsp3) is 0.214. The van der Waals surface area contributed by atoms with Crippen molar-refractivity contribution >= 4 is 16.9 Å². The Labute approximate surface area is 105 Å². The van der Waals surface area contributed by atoms with Crippen molar-refractivity contribution in [2.45, 2.75) is 6.42 Å². The van der Waals surface area contributed by atoms with Crippen LogP contribution in [0.25, 0.3) is 10.8 Å². The van der Waals surface area contributed by atoms with E-state index in [2.05, 4.69) is 5.32 Å². The average Bonchev–Trinajstić information content (AvgIpc) is 2.39. The molecule has 0 heterocycles. The van der Waals surface area contributed by atoms with Crippen LogP contribution in [-0.2, 0) is 0 Å². The molecule has 0 aromatic heterocycles. The SMILES string of the molecule is O=C(NCCCO)Oc1cccc2ccccc12. The van der Waals surface area contributed by atoms with Gasteiger partial charge >= 0.3 is 6.09 Å². The van der Waals surface area contributed by atoms with E-state index in [1.165, 1.54) is 0 Å². The van der Waals surface area contributed by atoms with E-state index < -0.39 is 6.09 Å². The van der Waals surface area contributed by atoms with Crippen molar-refractivity contribution in [1.29, 1.82) is 0 Å². The van der Waals surface area contributed by atoms with Gasteiger partial charge in [0.15, 0.2) is 0 Å². The summed E-state index contributed by atoms with van der Waals surface area (Å²) in [5, 5.41) is 13.1. The summed E-state index contributed by atoms with van der Waals surface area (Å²) in [5.74, 6) is 0.537. The van der Waals surface area contributed by atoms with E-state index in [-0.39, 0.29) is 6.61 Å². The number of carbonyl (C=O) groups is 1. The first-order valence-corrected chi connectivity index (χ1v) is 5.85. The number of carbonyl (C=O) groups excluding carboxylic acids is 1. The summed E-state index contributed by atoms with van der Waals surface area (Å²) in [5.41, 5.74) is 0. The molecule has 4 nitrogen and oxygen atoms in total. The van der Waals surface area contributed by atoms with E-state index in [0.29, 0.717) is 18.7 Å². The summed E-state index contributed by atoms with van der Waals surface area (Å²) in [6, 6.07) is 13.3. The van der Waals surface area contributed by atoms with Crippen LogP contribution in [-0.4, -0.2) is 24.4 Å². The van der Waals surface area contributed by atoms with Crippen LogP contribution in [0.3, 0.4) is 0 Å². The van der Waals surface area contributed by atoms with Gasteiger partial charge in [-0.25, -0.2) is 4.79 Å². The molecule has 94 valence electrons. The van der Waals surface area contributed by atoms with Crippen molar-refractivity contribution in [2.24, 2.45) is 0 Å². The number of ether oxygens (including phenoxy) is 1. The van der Waals surface area contributed by atoms with Gasteiger partial charge in [0.25, 0.3) is 0 Å².